The molecule has 0 saturated carbocycles. The molecule has 1 aromatic carbocycles. The van der Waals surface area contributed by atoms with Crippen LogP contribution in [0.1, 0.15) is 12.5 Å². The lowest BCUT2D eigenvalue weighted by Gasteiger charge is -1.93. The minimum absolute atomic E-state index is 0.340. The van der Waals surface area contributed by atoms with Crippen molar-refractivity contribution in [1.82, 2.24) is 0 Å². The number of aromatic hydroxyl groups is 1. The van der Waals surface area contributed by atoms with Crippen LogP contribution in [-0.4, -0.2) is 5.11 Å². The lowest BCUT2D eigenvalue weighted by atomic mass is 10.2. The van der Waals surface area contributed by atoms with Crippen molar-refractivity contribution in [3.05, 3.63) is 67.3 Å². The van der Waals surface area contributed by atoms with E-state index in [2.05, 4.69) is 20.1 Å². The molecular formula is C14H18O. The van der Waals surface area contributed by atoms with Crippen LogP contribution >= 0.6 is 0 Å². The van der Waals surface area contributed by atoms with Crippen molar-refractivity contribution in [2.45, 2.75) is 13.3 Å². The maximum atomic E-state index is 8.85. The third-order valence-electron chi connectivity index (χ3n) is 1.73. The van der Waals surface area contributed by atoms with Crippen molar-refractivity contribution >= 4 is 0 Å². The van der Waals surface area contributed by atoms with Gasteiger partial charge in [-0.05, 0) is 24.1 Å². The first kappa shape index (κ1) is 13.2. The van der Waals surface area contributed by atoms with Gasteiger partial charge in [-0.2, -0.15) is 0 Å². The molecule has 0 unspecified atom stereocenters. The molecule has 15 heavy (non-hydrogen) atoms. The summed E-state index contributed by atoms with van der Waals surface area (Å²) in [6.07, 6.45) is 8.10. The zero-order valence-corrected chi connectivity index (χ0v) is 9.19. The molecule has 0 aromatic heterocycles. The highest BCUT2D eigenvalue weighted by Crippen LogP contribution is 2.09. The van der Waals surface area contributed by atoms with Gasteiger partial charge in [-0.1, -0.05) is 56.5 Å². The standard InChI is InChI=1S/C8H10O.C6H8/c1-2-7-3-5-8(9)6-4-7;1-3-5-6-4-2/h3-6,9H,2H2,1H3;3-6H,1-2H2/b;6-5-. The normalized spacial score (nSPS) is 9.13. The lowest BCUT2D eigenvalue weighted by Crippen LogP contribution is -1.75. The van der Waals surface area contributed by atoms with E-state index in [-0.39, 0.29) is 0 Å². The zero-order valence-electron chi connectivity index (χ0n) is 9.19. The number of hydrogen-bond acceptors (Lipinski definition) is 1. The number of phenols is 1. The van der Waals surface area contributed by atoms with Crippen LogP contribution in [0, 0.1) is 0 Å². The van der Waals surface area contributed by atoms with E-state index in [1.165, 1.54) is 5.56 Å². The molecule has 1 nitrogen and oxygen atoms in total. The summed E-state index contributed by atoms with van der Waals surface area (Å²) in [5.74, 6) is 0.340. The van der Waals surface area contributed by atoms with Crippen LogP contribution in [-0.2, 0) is 6.42 Å². The average molecular weight is 202 g/mol. The molecule has 0 radical (unpaired) electrons. The van der Waals surface area contributed by atoms with Crippen molar-refractivity contribution < 1.29 is 5.11 Å². The molecule has 80 valence electrons. The Morgan fingerprint density at radius 3 is 1.87 bits per heavy atom. The fourth-order valence-electron chi connectivity index (χ4n) is 0.889. The first-order valence-corrected chi connectivity index (χ1v) is 4.92. The van der Waals surface area contributed by atoms with E-state index in [0.717, 1.165) is 6.42 Å². The van der Waals surface area contributed by atoms with Crippen molar-refractivity contribution in [2.24, 2.45) is 0 Å². The first-order chi connectivity index (χ1) is 7.24. The molecule has 0 aliphatic carbocycles. The SMILES string of the molecule is C=C/C=C\C=C.CCc1ccc(O)cc1. The molecule has 1 rings (SSSR count). The molecule has 1 aromatic rings. The quantitative estimate of drug-likeness (QED) is 0.738. The Morgan fingerprint density at radius 2 is 1.53 bits per heavy atom. The minimum Gasteiger partial charge on any atom is -0.508 e. The molecule has 0 heterocycles. The molecule has 1 N–H and O–H groups in total. The van der Waals surface area contributed by atoms with E-state index in [1.807, 2.05) is 24.3 Å². The fourth-order valence-corrected chi connectivity index (χ4v) is 0.889. The van der Waals surface area contributed by atoms with Crippen LogP contribution in [0.25, 0.3) is 0 Å². The average Bonchev–Trinajstić information content (AvgIpc) is 2.28. The molecule has 0 aliphatic heterocycles. The van der Waals surface area contributed by atoms with E-state index in [1.54, 1.807) is 24.3 Å². The molecule has 0 amide bonds. The van der Waals surface area contributed by atoms with E-state index < -0.39 is 0 Å². The molecular weight excluding hydrogens is 184 g/mol. The van der Waals surface area contributed by atoms with Gasteiger partial charge < -0.3 is 5.11 Å². The number of hydrogen-bond donors (Lipinski definition) is 1. The predicted molar refractivity (Wildman–Crippen MR) is 67.0 cm³/mol. The summed E-state index contributed by atoms with van der Waals surface area (Å²) in [5.41, 5.74) is 1.26. The minimum atomic E-state index is 0.340. The van der Waals surface area contributed by atoms with Crippen LogP contribution in [0.3, 0.4) is 0 Å². The summed E-state index contributed by atoms with van der Waals surface area (Å²) in [5, 5.41) is 8.85. The summed E-state index contributed by atoms with van der Waals surface area (Å²) >= 11 is 0. The van der Waals surface area contributed by atoms with Gasteiger partial charge in [-0.25, -0.2) is 0 Å². The highest BCUT2D eigenvalue weighted by Gasteiger charge is 1.86. The smallest absolute Gasteiger partial charge is 0.115 e. The number of allylic oxidation sites excluding steroid dienone is 4. The lowest BCUT2D eigenvalue weighted by molar-refractivity contribution is 0.475. The molecule has 1 heteroatoms. The third-order valence-corrected chi connectivity index (χ3v) is 1.73. The number of phenolic OH excluding ortho intramolecular Hbond substituents is 1. The van der Waals surface area contributed by atoms with E-state index >= 15 is 0 Å². The Bertz CT molecular complexity index is 297. The Hall–Kier alpha value is -1.76. The summed E-state index contributed by atoms with van der Waals surface area (Å²) in [4.78, 5) is 0. The third kappa shape index (κ3) is 7.32. The maximum Gasteiger partial charge on any atom is 0.115 e. The largest absolute Gasteiger partial charge is 0.508 e. The zero-order chi connectivity index (χ0) is 11.5. The Balaban J connectivity index is 0.000000288. The van der Waals surface area contributed by atoms with E-state index in [9.17, 15) is 0 Å². The van der Waals surface area contributed by atoms with Crippen LogP contribution in [0.4, 0.5) is 0 Å². The second kappa shape index (κ2) is 8.82. The topological polar surface area (TPSA) is 20.2 Å². The molecule has 0 spiro atoms. The fraction of sp³-hybridized carbons (Fsp3) is 0.143. The van der Waals surface area contributed by atoms with Gasteiger partial charge >= 0.3 is 0 Å². The highest BCUT2D eigenvalue weighted by molar-refractivity contribution is 5.25. The maximum absolute atomic E-state index is 8.85. The second-order valence-corrected chi connectivity index (χ2v) is 2.88. The van der Waals surface area contributed by atoms with Gasteiger partial charge in [0.05, 0.1) is 0 Å². The first-order valence-electron chi connectivity index (χ1n) is 4.92. The number of rotatable bonds is 3. The van der Waals surface area contributed by atoms with Gasteiger partial charge in [0.2, 0.25) is 0 Å². The molecule has 0 bridgehead atoms. The Kier molecular flexibility index (Phi) is 7.79. The van der Waals surface area contributed by atoms with Crippen LogP contribution in [0.15, 0.2) is 61.7 Å². The van der Waals surface area contributed by atoms with Crippen LogP contribution in [0.2, 0.25) is 0 Å². The molecule has 0 fully saturated rings. The summed E-state index contributed by atoms with van der Waals surface area (Å²) in [7, 11) is 0. The van der Waals surface area contributed by atoms with Gasteiger partial charge in [0.1, 0.15) is 5.75 Å². The Morgan fingerprint density at radius 1 is 1.07 bits per heavy atom. The van der Waals surface area contributed by atoms with Crippen molar-refractivity contribution in [3.8, 4) is 5.75 Å². The molecule has 0 atom stereocenters. The Labute approximate surface area is 92.1 Å². The van der Waals surface area contributed by atoms with Crippen molar-refractivity contribution in [1.29, 1.82) is 0 Å². The van der Waals surface area contributed by atoms with E-state index in [4.69, 9.17) is 5.11 Å². The van der Waals surface area contributed by atoms with Gasteiger partial charge in [-0.15, -0.1) is 0 Å². The summed E-state index contributed by atoms with van der Waals surface area (Å²) in [6.45, 7) is 9.02. The number of benzene rings is 1. The number of aryl methyl sites for hydroxylation is 1. The van der Waals surface area contributed by atoms with Crippen LogP contribution < -0.4 is 0 Å². The monoisotopic (exact) mass is 202 g/mol. The molecule has 0 aliphatic rings. The van der Waals surface area contributed by atoms with Gasteiger partial charge in [0, 0.05) is 0 Å². The van der Waals surface area contributed by atoms with Gasteiger partial charge in [0.25, 0.3) is 0 Å². The summed E-state index contributed by atoms with van der Waals surface area (Å²) in [6, 6.07) is 7.27. The van der Waals surface area contributed by atoms with Gasteiger partial charge in [-0.3, -0.25) is 0 Å². The summed E-state index contributed by atoms with van der Waals surface area (Å²) < 4.78 is 0. The van der Waals surface area contributed by atoms with Crippen molar-refractivity contribution in [3.63, 3.8) is 0 Å². The highest BCUT2D eigenvalue weighted by atomic mass is 16.3. The van der Waals surface area contributed by atoms with E-state index in [0.29, 0.717) is 5.75 Å². The van der Waals surface area contributed by atoms with Crippen molar-refractivity contribution in [2.75, 3.05) is 0 Å². The predicted octanol–water partition coefficient (Wildman–Crippen LogP) is 3.87. The van der Waals surface area contributed by atoms with Crippen LogP contribution in [0.5, 0.6) is 5.75 Å². The second-order valence-electron chi connectivity index (χ2n) is 2.88. The van der Waals surface area contributed by atoms with Gasteiger partial charge in [0.15, 0.2) is 0 Å². The molecule has 0 saturated heterocycles.